The van der Waals surface area contributed by atoms with Crippen LogP contribution in [0.25, 0.3) is 22.5 Å². The molecule has 0 aliphatic carbocycles. The van der Waals surface area contributed by atoms with Crippen molar-refractivity contribution in [3.63, 3.8) is 0 Å². The molecule has 5 heterocycles. The maximum atomic E-state index is 13.6. The number of rotatable bonds is 11. The van der Waals surface area contributed by atoms with Crippen LogP contribution in [0.5, 0.6) is 5.88 Å². The standard InChI is InChI=1S/C36H40Cl2N8O5/c1-21(47)45-16-11-23(12-17-45)46-18-13-29-28(20-46)41-34(44(29)2)35(50)42-27-6-4-5-25(31(27)37)33-32(38)24(9-15-40-33)26-8-7-22(36(43-26)51-3)19-39-14-10-30(48)49/h4-9,15,23,39H,10-14,16-20H2,1-3H3,(H,42,50)(H,48,49). The van der Waals surface area contributed by atoms with Gasteiger partial charge in [0.2, 0.25) is 11.8 Å². The van der Waals surface area contributed by atoms with E-state index in [-0.39, 0.29) is 23.3 Å². The van der Waals surface area contributed by atoms with Gasteiger partial charge in [0.15, 0.2) is 5.82 Å². The number of benzene rings is 1. The number of aromatic nitrogens is 4. The summed E-state index contributed by atoms with van der Waals surface area (Å²) in [5, 5.41) is 15.5. The number of halogens is 2. The first-order valence-corrected chi connectivity index (χ1v) is 17.6. The fourth-order valence-corrected chi connectivity index (χ4v) is 7.35. The molecule has 0 bridgehead atoms. The molecule has 0 spiro atoms. The smallest absolute Gasteiger partial charge is 0.304 e. The van der Waals surface area contributed by atoms with Crippen LogP contribution in [0.2, 0.25) is 10.0 Å². The normalized spacial score (nSPS) is 15.0. The molecular weight excluding hydrogens is 695 g/mol. The van der Waals surface area contributed by atoms with Crippen molar-refractivity contribution in [2.75, 3.05) is 38.6 Å². The van der Waals surface area contributed by atoms with Gasteiger partial charge >= 0.3 is 5.97 Å². The van der Waals surface area contributed by atoms with Gasteiger partial charge < -0.3 is 29.9 Å². The van der Waals surface area contributed by atoms with Gasteiger partial charge in [-0.15, -0.1) is 0 Å². The number of anilines is 1. The van der Waals surface area contributed by atoms with Crippen molar-refractivity contribution in [3.05, 3.63) is 75.4 Å². The lowest BCUT2D eigenvalue weighted by atomic mass is 10.00. The minimum absolute atomic E-state index is 0.00535. The van der Waals surface area contributed by atoms with E-state index in [0.717, 1.165) is 55.8 Å². The maximum Gasteiger partial charge on any atom is 0.304 e. The van der Waals surface area contributed by atoms with E-state index in [9.17, 15) is 14.4 Å². The average Bonchev–Trinajstić information content (AvgIpc) is 3.46. The zero-order valence-electron chi connectivity index (χ0n) is 28.7. The molecule has 1 fully saturated rings. The fourth-order valence-electron chi connectivity index (χ4n) is 6.78. The summed E-state index contributed by atoms with van der Waals surface area (Å²) in [6.07, 6.45) is 4.26. The summed E-state index contributed by atoms with van der Waals surface area (Å²) in [6, 6.07) is 11.1. The molecule has 1 saturated heterocycles. The van der Waals surface area contributed by atoms with Gasteiger partial charge in [-0.25, -0.2) is 9.97 Å². The molecule has 268 valence electrons. The van der Waals surface area contributed by atoms with E-state index in [0.29, 0.717) is 70.6 Å². The molecule has 6 rings (SSSR count). The number of aliphatic carboxylic acids is 1. The van der Waals surface area contributed by atoms with Crippen LogP contribution < -0.4 is 15.4 Å². The Morgan fingerprint density at radius 3 is 2.53 bits per heavy atom. The summed E-state index contributed by atoms with van der Waals surface area (Å²) >= 11 is 13.9. The van der Waals surface area contributed by atoms with Crippen molar-refractivity contribution < 1.29 is 24.2 Å². The highest BCUT2D eigenvalue weighted by atomic mass is 35.5. The van der Waals surface area contributed by atoms with Crippen LogP contribution in [-0.4, -0.2) is 91.5 Å². The van der Waals surface area contributed by atoms with E-state index < -0.39 is 5.97 Å². The summed E-state index contributed by atoms with van der Waals surface area (Å²) in [7, 11) is 3.38. The van der Waals surface area contributed by atoms with Crippen molar-refractivity contribution in [1.29, 1.82) is 0 Å². The molecule has 2 amide bonds. The maximum absolute atomic E-state index is 13.6. The number of pyridine rings is 2. The quantitative estimate of drug-likeness (QED) is 0.179. The molecule has 51 heavy (non-hydrogen) atoms. The largest absolute Gasteiger partial charge is 0.481 e. The SMILES string of the molecule is COc1nc(-c2ccnc(-c3cccc(NC(=O)c4nc5c(n4C)CCN(C4CCN(C(C)=O)CC4)C5)c3Cl)c2Cl)ccc1CNCCC(=O)O. The number of piperidine rings is 1. The van der Waals surface area contributed by atoms with Crippen LogP contribution in [0.4, 0.5) is 5.69 Å². The number of nitrogens with one attached hydrogen (secondary N) is 2. The second kappa shape index (κ2) is 15.8. The molecule has 2 aliphatic heterocycles. The average molecular weight is 736 g/mol. The molecule has 2 aliphatic rings. The number of carboxylic acid groups (broad SMARTS) is 1. The molecule has 3 aromatic heterocycles. The first-order valence-electron chi connectivity index (χ1n) is 16.8. The molecule has 13 nitrogen and oxygen atoms in total. The number of amides is 2. The summed E-state index contributed by atoms with van der Waals surface area (Å²) in [5.74, 6) is -0.456. The number of carbonyl (C=O) groups excluding carboxylic acids is 2. The summed E-state index contributed by atoms with van der Waals surface area (Å²) in [5.41, 5.74) is 5.18. The monoisotopic (exact) mass is 734 g/mol. The lowest BCUT2D eigenvalue weighted by Gasteiger charge is -2.39. The first kappa shape index (κ1) is 36.2. The number of fused-ring (bicyclic) bond motifs is 1. The van der Waals surface area contributed by atoms with Crippen molar-refractivity contribution in [2.45, 2.75) is 51.7 Å². The Hall–Kier alpha value is -4.56. The van der Waals surface area contributed by atoms with Crippen molar-refractivity contribution in [1.82, 2.24) is 34.6 Å². The van der Waals surface area contributed by atoms with E-state index in [1.54, 1.807) is 37.4 Å². The van der Waals surface area contributed by atoms with Gasteiger partial charge in [0, 0.05) is 94.3 Å². The predicted octanol–water partition coefficient (Wildman–Crippen LogP) is 5.05. The lowest BCUT2D eigenvalue weighted by Crippen LogP contribution is -2.47. The second-order valence-corrected chi connectivity index (χ2v) is 13.4. The third kappa shape index (κ3) is 7.86. The molecule has 0 atom stereocenters. The Morgan fingerprint density at radius 1 is 1.02 bits per heavy atom. The molecule has 0 unspecified atom stereocenters. The van der Waals surface area contributed by atoms with Crippen molar-refractivity contribution >= 4 is 46.7 Å². The number of carbonyl (C=O) groups is 3. The van der Waals surface area contributed by atoms with Gasteiger partial charge in [-0.2, -0.15) is 0 Å². The lowest BCUT2D eigenvalue weighted by molar-refractivity contribution is -0.137. The Kier molecular flexibility index (Phi) is 11.2. The topological polar surface area (TPSA) is 155 Å². The van der Waals surface area contributed by atoms with Crippen molar-refractivity contribution in [3.8, 4) is 28.4 Å². The zero-order chi connectivity index (χ0) is 36.2. The van der Waals surface area contributed by atoms with Crippen LogP contribution in [0.3, 0.4) is 0 Å². The molecule has 4 aromatic rings. The van der Waals surface area contributed by atoms with Gasteiger partial charge in [-0.1, -0.05) is 41.4 Å². The fraction of sp³-hybridized carbons (Fsp3) is 0.389. The van der Waals surface area contributed by atoms with E-state index >= 15 is 0 Å². The number of hydrogen-bond donors (Lipinski definition) is 3. The van der Waals surface area contributed by atoms with Crippen LogP contribution in [0.1, 0.15) is 53.8 Å². The van der Waals surface area contributed by atoms with Gasteiger partial charge in [0.05, 0.1) is 46.3 Å². The number of likely N-dealkylation sites (tertiary alicyclic amines) is 1. The Bertz CT molecular complexity index is 1960. The highest BCUT2D eigenvalue weighted by Gasteiger charge is 2.31. The number of imidazole rings is 1. The molecule has 15 heteroatoms. The minimum atomic E-state index is -0.877. The summed E-state index contributed by atoms with van der Waals surface area (Å²) in [4.78, 5) is 54.5. The van der Waals surface area contributed by atoms with Crippen LogP contribution in [0, 0.1) is 0 Å². The Morgan fingerprint density at radius 2 is 1.80 bits per heavy atom. The van der Waals surface area contributed by atoms with E-state index in [1.807, 2.05) is 28.6 Å². The van der Waals surface area contributed by atoms with E-state index in [4.69, 9.17) is 38.0 Å². The Labute approximate surface area is 305 Å². The third-order valence-electron chi connectivity index (χ3n) is 9.55. The van der Waals surface area contributed by atoms with Gasteiger partial charge in [-0.3, -0.25) is 24.3 Å². The highest BCUT2D eigenvalue weighted by molar-refractivity contribution is 6.39. The van der Waals surface area contributed by atoms with Gasteiger partial charge in [0.1, 0.15) is 0 Å². The highest BCUT2D eigenvalue weighted by Crippen LogP contribution is 2.40. The third-order valence-corrected chi connectivity index (χ3v) is 10.3. The number of methoxy groups -OCH3 is 1. The van der Waals surface area contributed by atoms with Crippen LogP contribution in [0.15, 0.2) is 42.6 Å². The van der Waals surface area contributed by atoms with Gasteiger partial charge in [0.25, 0.3) is 5.91 Å². The van der Waals surface area contributed by atoms with Crippen LogP contribution in [-0.2, 0) is 36.1 Å². The second-order valence-electron chi connectivity index (χ2n) is 12.7. The van der Waals surface area contributed by atoms with Crippen LogP contribution >= 0.6 is 23.2 Å². The van der Waals surface area contributed by atoms with Crippen molar-refractivity contribution in [2.24, 2.45) is 7.05 Å². The Balaban J connectivity index is 1.18. The summed E-state index contributed by atoms with van der Waals surface area (Å²) < 4.78 is 7.38. The number of hydrogen-bond acceptors (Lipinski definition) is 9. The number of nitrogens with zero attached hydrogens (tertiary/aromatic N) is 6. The molecule has 0 saturated carbocycles. The van der Waals surface area contributed by atoms with E-state index in [2.05, 4.69) is 25.5 Å². The number of ether oxygens (including phenoxy) is 1. The van der Waals surface area contributed by atoms with E-state index in [1.165, 1.54) is 7.11 Å². The number of carboxylic acids is 1. The first-order chi connectivity index (χ1) is 24.5. The minimum Gasteiger partial charge on any atom is -0.481 e. The summed E-state index contributed by atoms with van der Waals surface area (Å²) in [6.45, 7) is 5.37. The molecule has 1 aromatic carbocycles. The molecule has 3 N–H and O–H groups in total. The molecule has 0 radical (unpaired) electrons. The zero-order valence-corrected chi connectivity index (χ0v) is 30.2. The van der Waals surface area contributed by atoms with Gasteiger partial charge in [-0.05, 0) is 31.0 Å². The predicted molar refractivity (Wildman–Crippen MR) is 194 cm³/mol. The molecular formula is C36H40Cl2N8O5.